The third kappa shape index (κ3) is 2.74. The van der Waals surface area contributed by atoms with Gasteiger partial charge in [-0.25, -0.2) is 8.42 Å². The second-order valence-corrected chi connectivity index (χ2v) is 5.16. The number of carbonyl (C=O) groups is 1. The largest absolute Gasteiger partial charge is 0.383 e. The lowest BCUT2D eigenvalue weighted by molar-refractivity contribution is -0.120. The smallest absolute Gasteiger partial charge is 0.248 e. The van der Waals surface area contributed by atoms with Crippen LogP contribution in [0.25, 0.3) is 0 Å². The summed E-state index contributed by atoms with van der Waals surface area (Å²) < 4.78 is 25.2. The maximum atomic E-state index is 12.1. The number of H-pyrrole nitrogens is 1. The minimum absolute atomic E-state index is 0.0413. The zero-order chi connectivity index (χ0) is 13.1. The fraction of sp³-hybridized carbons (Fsp3) is 0.500. The van der Waals surface area contributed by atoms with Crippen LogP contribution in [-0.4, -0.2) is 49.0 Å². The Labute approximate surface area is 99.2 Å². The average molecular weight is 261 g/mol. The number of nitrogens with zero attached hydrogens (tertiary/aromatic N) is 2. The van der Waals surface area contributed by atoms with Crippen LogP contribution in [0.3, 0.4) is 0 Å². The topological polar surface area (TPSA) is 121 Å². The molecule has 0 unspecified atom stereocenters. The molecule has 9 heteroatoms. The molecule has 0 spiro atoms. The lowest BCUT2D eigenvalue weighted by atomic mass is 10.5. The van der Waals surface area contributed by atoms with Crippen LogP contribution in [0.5, 0.6) is 0 Å². The molecule has 1 amide bonds. The number of hydrogen-bond acceptors (Lipinski definition) is 5. The van der Waals surface area contributed by atoms with E-state index in [2.05, 4.69) is 15.5 Å². The molecule has 0 aromatic carbocycles. The molecule has 0 radical (unpaired) electrons. The van der Waals surface area contributed by atoms with Crippen LogP contribution in [0, 0.1) is 0 Å². The normalized spacial score (nSPS) is 11.7. The number of aromatic nitrogens is 2. The molecule has 0 aliphatic rings. The summed E-state index contributed by atoms with van der Waals surface area (Å²) in [6.07, 6.45) is 1.12. The molecule has 1 aromatic rings. The second kappa shape index (κ2) is 5.15. The number of hydrogen-bond donors (Lipinski definition) is 3. The Morgan fingerprint density at radius 3 is 2.71 bits per heavy atom. The van der Waals surface area contributed by atoms with Gasteiger partial charge in [-0.1, -0.05) is 6.92 Å². The highest BCUT2D eigenvalue weighted by atomic mass is 32.2. The van der Waals surface area contributed by atoms with Gasteiger partial charge in [-0.05, 0) is 0 Å². The fourth-order valence-electron chi connectivity index (χ4n) is 1.24. The lowest BCUT2D eigenvalue weighted by Crippen LogP contribution is -2.39. The summed E-state index contributed by atoms with van der Waals surface area (Å²) in [5.41, 5.74) is 5.46. The van der Waals surface area contributed by atoms with Crippen LogP contribution >= 0.6 is 0 Å². The summed E-state index contributed by atoms with van der Waals surface area (Å²) >= 11 is 0. The van der Waals surface area contributed by atoms with Crippen molar-refractivity contribution in [1.29, 1.82) is 0 Å². The summed E-state index contributed by atoms with van der Waals surface area (Å²) in [6.45, 7) is 1.55. The van der Waals surface area contributed by atoms with Gasteiger partial charge in [-0.3, -0.25) is 9.89 Å². The number of carbonyl (C=O) groups excluding carboxylic acids is 1. The number of aromatic amines is 1. The molecule has 4 N–H and O–H groups in total. The second-order valence-electron chi connectivity index (χ2n) is 3.25. The minimum Gasteiger partial charge on any atom is -0.383 e. The molecule has 17 heavy (non-hydrogen) atoms. The number of sulfonamides is 1. The molecule has 1 heterocycles. The molecule has 0 aliphatic heterocycles. The van der Waals surface area contributed by atoms with Gasteiger partial charge in [0.1, 0.15) is 10.7 Å². The van der Waals surface area contributed by atoms with Crippen LogP contribution < -0.4 is 11.1 Å². The first-order chi connectivity index (χ1) is 7.93. The van der Waals surface area contributed by atoms with E-state index in [0.29, 0.717) is 0 Å². The molecule has 0 fully saturated rings. The standard InChI is InChI=1S/C8H15N5O3S/c1-3-13(5-7(14)10-2)17(15,16)6-4-11-12-8(6)9/h4H,3,5H2,1-2H3,(H,10,14)(H3,9,11,12). The SMILES string of the molecule is CCN(CC(=O)NC)S(=O)(=O)c1cn[nH]c1N. The predicted octanol–water partition coefficient (Wildman–Crippen LogP) is -1.25. The number of nitrogens with two attached hydrogens (primary N) is 1. The minimum atomic E-state index is -3.79. The van der Waals surface area contributed by atoms with Crippen LogP contribution in [-0.2, 0) is 14.8 Å². The van der Waals surface area contributed by atoms with Gasteiger partial charge in [0.15, 0.2) is 0 Å². The van der Waals surface area contributed by atoms with E-state index >= 15 is 0 Å². The van der Waals surface area contributed by atoms with Gasteiger partial charge in [-0.15, -0.1) is 0 Å². The van der Waals surface area contributed by atoms with Crippen molar-refractivity contribution in [1.82, 2.24) is 19.8 Å². The number of likely N-dealkylation sites (N-methyl/N-ethyl adjacent to an activating group) is 2. The number of nitrogens with one attached hydrogen (secondary N) is 2. The Bertz CT molecular complexity index is 495. The molecule has 0 bridgehead atoms. The van der Waals surface area contributed by atoms with Gasteiger partial charge in [-0.2, -0.15) is 9.40 Å². The van der Waals surface area contributed by atoms with Crippen molar-refractivity contribution in [3.63, 3.8) is 0 Å². The van der Waals surface area contributed by atoms with Crippen LogP contribution in [0.15, 0.2) is 11.1 Å². The van der Waals surface area contributed by atoms with E-state index in [-0.39, 0.29) is 23.8 Å². The number of rotatable bonds is 5. The number of nitrogen functional groups attached to an aromatic ring is 1. The van der Waals surface area contributed by atoms with E-state index in [9.17, 15) is 13.2 Å². The quantitative estimate of drug-likeness (QED) is 0.611. The van der Waals surface area contributed by atoms with Crippen molar-refractivity contribution < 1.29 is 13.2 Å². The van der Waals surface area contributed by atoms with Crippen molar-refractivity contribution in [2.45, 2.75) is 11.8 Å². The first-order valence-electron chi connectivity index (χ1n) is 4.93. The van der Waals surface area contributed by atoms with Gasteiger partial charge in [0.2, 0.25) is 15.9 Å². The van der Waals surface area contributed by atoms with Crippen LogP contribution in [0.2, 0.25) is 0 Å². The number of anilines is 1. The lowest BCUT2D eigenvalue weighted by Gasteiger charge is -2.18. The zero-order valence-corrected chi connectivity index (χ0v) is 10.4. The zero-order valence-electron chi connectivity index (χ0n) is 9.60. The van der Waals surface area contributed by atoms with Gasteiger partial charge >= 0.3 is 0 Å². The van der Waals surface area contributed by atoms with Crippen molar-refractivity contribution in [2.75, 3.05) is 25.9 Å². The molecule has 0 saturated carbocycles. The van der Waals surface area contributed by atoms with E-state index in [1.807, 2.05) is 0 Å². The molecule has 8 nitrogen and oxygen atoms in total. The predicted molar refractivity (Wildman–Crippen MR) is 61.5 cm³/mol. The summed E-state index contributed by atoms with van der Waals surface area (Å²) in [5.74, 6) is -0.433. The summed E-state index contributed by atoms with van der Waals surface area (Å²) in [7, 11) is -2.35. The van der Waals surface area contributed by atoms with Gasteiger partial charge in [0, 0.05) is 13.6 Å². The Hall–Kier alpha value is -1.61. The first kappa shape index (κ1) is 13.5. The molecule has 1 aromatic heterocycles. The van der Waals surface area contributed by atoms with E-state index < -0.39 is 15.9 Å². The first-order valence-corrected chi connectivity index (χ1v) is 6.37. The monoisotopic (exact) mass is 261 g/mol. The third-order valence-corrected chi connectivity index (χ3v) is 4.15. The Balaban J connectivity index is 3.03. The molecule has 0 atom stereocenters. The Kier molecular flexibility index (Phi) is 4.07. The fourth-order valence-corrected chi connectivity index (χ4v) is 2.65. The van der Waals surface area contributed by atoms with E-state index in [1.165, 1.54) is 7.05 Å². The molecular weight excluding hydrogens is 246 g/mol. The summed E-state index contributed by atoms with van der Waals surface area (Å²) in [5, 5.41) is 8.25. The summed E-state index contributed by atoms with van der Waals surface area (Å²) in [4.78, 5) is 11.1. The van der Waals surface area contributed by atoms with Crippen molar-refractivity contribution in [3.05, 3.63) is 6.20 Å². The van der Waals surface area contributed by atoms with Crippen molar-refractivity contribution >= 4 is 21.7 Å². The van der Waals surface area contributed by atoms with Crippen molar-refractivity contribution in [2.24, 2.45) is 0 Å². The molecule has 0 aliphatic carbocycles. The maximum Gasteiger partial charge on any atom is 0.248 e. The summed E-state index contributed by atoms with van der Waals surface area (Å²) in [6, 6.07) is 0. The average Bonchev–Trinajstić information content (AvgIpc) is 2.72. The van der Waals surface area contributed by atoms with Crippen LogP contribution in [0.1, 0.15) is 6.92 Å². The molecule has 96 valence electrons. The highest BCUT2D eigenvalue weighted by Gasteiger charge is 2.28. The number of amides is 1. The molecule has 0 saturated heterocycles. The van der Waals surface area contributed by atoms with E-state index in [1.54, 1.807) is 6.92 Å². The molecular formula is C8H15N5O3S. The third-order valence-electron chi connectivity index (χ3n) is 2.20. The van der Waals surface area contributed by atoms with Gasteiger partial charge < -0.3 is 11.1 Å². The van der Waals surface area contributed by atoms with Crippen LogP contribution in [0.4, 0.5) is 5.82 Å². The van der Waals surface area contributed by atoms with Gasteiger partial charge in [0.05, 0.1) is 12.7 Å². The maximum absolute atomic E-state index is 12.1. The van der Waals surface area contributed by atoms with E-state index in [4.69, 9.17) is 5.73 Å². The van der Waals surface area contributed by atoms with Gasteiger partial charge in [0.25, 0.3) is 0 Å². The van der Waals surface area contributed by atoms with E-state index in [0.717, 1.165) is 10.5 Å². The van der Waals surface area contributed by atoms with Crippen molar-refractivity contribution in [3.8, 4) is 0 Å². The highest BCUT2D eigenvalue weighted by Crippen LogP contribution is 2.19. The Morgan fingerprint density at radius 1 is 1.65 bits per heavy atom. The Morgan fingerprint density at radius 2 is 2.29 bits per heavy atom. The highest BCUT2D eigenvalue weighted by molar-refractivity contribution is 7.89. The molecule has 1 rings (SSSR count).